The van der Waals surface area contributed by atoms with Crippen LogP contribution < -0.4 is 15.4 Å². The zero-order valence-corrected chi connectivity index (χ0v) is 10.6. The van der Waals surface area contributed by atoms with Crippen molar-refractivity contribution in [2.45, 2.75) is 19.8 Å². The first-order chi connectivity index (χ1) is 8.35. The molecule has 2 N–H and O–H groups in total. The predicted octanol–water partition coefficient (Wildman–Crippen LogP) is 2.26. The number of hydrogen-bond donors (Lipinski definition) is 1. The van der Waals surface area contributed by atoms with Crippen LogP contribution in [0.4, 0.5) is 5.69 Å². The molecule has 17 heavy (non-hydrogen) atoms. The zero-order valence-electron chi connectivity index (χ0n) is 10.6. The molecule has 3 heteroatoms. The van der Waals surface area contributed by atoms with Gasteiger partial charge < -0.3 is 15.4 Å². The molecule has 1 atom stereocenters. The van der Waals surface area contributed by atoms with Gasteiger partial charge in [-0.05, 0) is 31.0 Å². The standard InChI is InChI=1S/C14H22N2O/c1-2-12(10-15)11-16-8-5-9-17-14-7-4-3-6-13(14)16/h3-4,6-7,12H,2,5,8-11,15H2,1H3. The SMILES string of the molecule is CCC(CN)CN1CCCOc2ccccc21. The van der Waals surface area contributed by atoms with Gasteiger partial charge in [0.15, 0.2) is 0 Å². The molecule has 0 radical (unpaired) electrons. The van der Waals surface area contributed by atoms with Crippen molar-refractivity contribution < 1.29 is 4.74 Å². The van der Waals surface area contributed by atoms with Gasteiger partial charge in [0.05, 0.1) is 12.3 Å². The molecule has 1 aromatic rings. The van der Waals surface area contributed by atoms with Gasteiger partial charge in [-0.25, -0.2) is 0 Å². The van der Waals surface area contributed by atoms with Crippen LogP contribution in [0.3, 0.4) is 0 Å². The van der Waals surface area contributed by atoms with E-state index in [-0.39, 0.29) is 0 Å². The van der Waals surface area contributed by atoms with E-state index in [1.807, 2.05) is 6.07 Å². The Morgan fingerprint density at radius 3 is 3.00 bits per heavy atom. The minimum atomic E-state index is 0.571. The maximum absolute atomic E-state index is 5.80. The third-order valence-electron chi connectivity index (χ3n) is 3.43. The summed E-state index contributed by atoms with van der Waals surface area (Å²) < 4.78 is 5.75. The van der Waals surface area contributed by atoms with Crippen LogP contribution in [-0.2, 0) is 0 Å². The fourth-order valence-corrected chi connectivity index (χ4v) is 2.27. The molecule has 0 amide bonds. The van der Waals surface area contributed by atoms with Crippen LogP contribution in [0.2, 0.25) is 0 Å². The molecule has 1 heterocycles. The van der Waals surface area contributed by atoms with Crippen molar-refractivity contribution in [3.63, 3.8) is 0 Å². The lowest BCUT2D eigenvalue weighted by Crippen LogP contribution is -2.33. The number of benzene rings is 1. The molecule has 0 saturated carbocycles. The minimum Gasteiger partial charge on any atom is -0.491 e. The van der Waals surface area contributed by atoms with Crippen molar-refractivity contribution in [2.75, 3.05) is 31.1 Å². The van der Waals surface area contributed by atoms with E-state index < -0.39 is 0 Å². The minimum absolute atomic E-state index is 0.571. The van der Waals surface area contributed by atoms with E-state index in [2.05, 4.69) is 30.0 Å². The average Bonchev–Trinajstić information content (AvgIpc) is 2.58. The summed E-state index contributed by atoms with van der Waals surface area (Å²) in [7, 11) is 0. The first-order valence-corrected chi connectivity index (χ1v) is 6.52. The smallest absolute Gasteiger partial charge is 0.142 e. The number of nitrogens with two attached hydrogens (primary N) is 1. The van der Waals surface area contributed by atoms with Gasteiger partial charge in [0, 0.05) is 13.1 Å². The lowest BCUT2D eigenvalue weighted by Gasteiger charge is -2.27. The Hall–Kier alpha value is -1.22. The predicted molar refractivity (Wildman–Crippen MR) is 71.6 cm³/mol. The van der Waals surface area contributed by atoms with Crippen LogP contribution in [0.1, 0.15) is 19.8 Å². The summed E-state index contributed by atoms with van der Waals surface area (Å²) in [6, 6.07) is 8.30. The molecule has 94 valence electrons. The molecule has 2 rings (SSSR count). The molecular weight excluding hydrogens is 212 g/mol. The Morgan fingerprint density at radius 1 is 1.41 bits per heavy atom. The lowest BCUT2D eigenvalue weighted by molar-refractivity contribution is 0.322. The van der Waals surface area contributed by atoms with Crippen molar-refractivity contribution in [2.24, 2.45) is 11.7 Å². The van der Waals surface area contributed by atoms with E-state index in [0.29, 0.717) is 5.92 Å². The van der Waals surface area contributed by atoms with Crippen LogP contribution in [0, 0.1) is 5.92 Å². The Balaban J connectivity index is 2.16. The van der Waals surface area contributed by atoms with Crippen molar-refractivity contribution in [3.05, 3.63) is 24.3 Å². The first-order valence-electron chi connectivity index (χ1n) is 6.52. The molecule has 1 aliphatic rings. The van der Waals surface area contributed by atoms with Crippen LogP contribution in [0.5, 0.6) is 5.75 Å². The number of nitrogens with zero attached hydrogens (tertiary/aromatic N) is 1. The second kappa shape index (κ2) is 5.92. The van der Waals surface area contributed by atoms with E-state index in [1.165, 1.54) is 5.69 Å². The number of anilines is 1. The molecule has 0 aliphatic carbocycles. The van der Waals surface area contributed by atoms with Gasteiger partial charge >= 0.3 is 0 Å². The van der Waals surface area contributed by atoms with Crippen molar-refractivity contribution in [1.82, 2.24) is 0 Å². The van der Waals surface area contributed by atoms with Crippen molar-refractivity contribution in [3.8, 4) is 5.75 Å². The summed E-state index contributed by atoms with van der Waals surface area (Å²) in [5.41, 5.74) is 7.02. The Kier molecular flexibility index (Phi) is 4.26. The third-order valence-corrected chi connectivity index (χ3v) is 3.43. The number of hydrogen-bond acceptors (Lipinski definition) is 3. The second-order valence-electron chi connectivity index (χ2n) is 4.63. The number of ether oxygens (including phenoxy) is 1. The zero-order chi connectivity index (χ0) is 12.1. The van der Waals surface area contributed by atoms with Crippen LogP contribution >= 0.6 is 0 Å². The van der Waals surface area contributed by atoms with Gasteiger partial charge in [-0.1, -0.05) is 25.5 Å². The van der Waals surface area contributed by atoms with Crippen LogP contribution in [-0.4, -0.2) is 26.2 Å². The molecule has 0 saturated heterocycles. The Bertz CT molecular complexity index is 350. The van der Waals surface area contributed by atoms with Gasteiger partial charge in [0.1, 0.15) is 5.75 Å². The third kappa shape index (κ3) is 2.91. The number of para-hydroxylation sites is 2. The fourth-order valence-electron chi connectivity index (χ4n) is 2.27. The highest BCUT2D eigenvalue weighted by Gasteiger charge is 2.18. The highest BCUT2D eigenvalue weighted by molar-refractivity contribution is 5.58. The number of rotatable bonds is 4. The van der Waals surface area contributed by atoms with Gasteiger partial charge in [0.2, 0.25) is 0 Å². The molecule has 0 bridgehead atoms. The lowest BCUT2D eigenvalue weighted by atomic mass is 10.1. The molecule has 3 nitrogen and oxygen atoms in total. The van der Waals surface area contributed by atoms with Crippen molar-refractivity contribution in [1.29, 1.82) is 0 Å². The molecule has 0 fully saturated rings. The van der Waals surface area contributed by atoms with Crippen LogP contribution in [0.25, 0.3) is 0 Å². The summed E-state index contributed by atoms with van der Waals surface area (Å²) >= 11 is 0. The normalized spacial score (nSPS) is 16.9. The maximum atomic E-state index is 5.80. The van der Waals surface area contributed by atoms with Crippen LogP contribution in [0.15, 0.2) is 24.3 Å². The molecule has 0 aromatic heterocycles. The van der Waals surface area contributed by atoms with E-state index in [1.54, 1.807) is 0 Å². The first kappa shape index (κ1) is 12.2. The summed E-state index contributed by atoms with van der Waals surface area (Å²) in [6.45, 7) is 5.88. The highest BCUT2D eigenvalue weighted by atomic mass is 16.5. The topological polar surface area (TPSA) is 38.5 Å². The van der Waals surface area contributed by atoms with E-state index >= 15 is 0 Å². The summed E-state index contributed by atoms with van der Waals surface area (Å²) in [6.07, 6.45) is 2.21. The van der Waals surface area contributed by atoms with Gasteiger partial charge in [-0.3, -0.25) is 0 Å². The average molecular weight is 234 g/mol. The summed E-state index contributed by atoms with van der Waals surface area (Å²) in [5.74, 6) is 1.58. The fraction of sp³-hybridized carbons (Fsp3) is 0.571. The largest absolute Gasteiger partial charge is 0.491 e. The van der Waals surface area contributed by atoms with Crippen molar-refractivity contribution >= 4 is 5.69 Å². The highest BCUT2D eigenvalue weighted by Crippen LogP contribution is 2.31. The Morgan fingerprint density at radius 2 is 2.24 bits per heavy atom. The Labute approximate surface area is 104 Å². The molecule has 0 spiro atoms. The molecular formula is C14H22N2O. The van der Waals surface area contributed by atoms with E-state index in [9.17, 15) is 0 Å². The maximum Gasteiger partial charge on any atom is 0.142 e. The molecule has 1 aromatic carbocycles. The van der Waals surface area contributed by atoms with E-state index in [0.717, 1.165) is 44.8 Å². The number of fused-ring (bicyclic) bond motifs is 1. The monoisotopic (exact) mass is 234 g/mol. The van der Waals surface area contributed by atoms with E-state index in [4.69, 9.17) is 10.5 Å². The molecule has 1 aliphatic heterocycles. The second-order valence-corrected chi connectivity index (χ2v) is 4.63. The van der Waals surface area contributed by atoms with Gasteiger partial charge in [0.25, 0.3) is 0 Å². The summed E-state index contributed by atoms with van der Waals surface area (Å²) in [4.78, 5) is 2.42. The van der Waals surface area contributed by atoms with Gasteiger partial charge in [-0.15, -0.1) is 0 Å². The van der Waals surface area contributed by atoms with Gasteiger partial charge in [-0.2, -0.15) is 0 Å². The summed E-state index contributed by atoms with van der Waals surface area (Å²) in [5, 5.41) is 0. The molecule has 1 unspecified atom stereocenters. The quantitative estimate of drug-likeness (QED) is 0.868.